The van der Waals surface area contributed by atoms with Crippen LogP contribution < -0.4 is 11.0 Å². The Bertz CT molecular complexity index is 778. The Kier molecular flexibility index (Phi) is 5.27. The molecule has 25 heavy (non-hydrogen) atoms. The van der Waals surface area contributed by atoms with Gasteiger partial charge in [-0.3, -0.25) is 4.57 Å². The van der Waals surface area contributed by atoms with Gasteiger partial charge in [-0.1, -0.05) is 6.07 Å². The van der Waals surface area contributed by atoms with E-state index in [0.717, 1.165) is 30.1 Å². The standard InChI is InChI=1S/C17H25N5O2S/c1-12(2)22-15(19-20(3)17(22)24)13-6-4-8-21(11-13)16(23)18-10-14-7-5-9-25-14/h5,7,9,12-13H,4,6,8,10-11H2,1-3H3,(H,18,23). The molecule has 3 rings (SSSR count). The van der Waals surface area contributed by atoms with E-state index < -0.39 is 0 Å². The molecule has 0 aromatic carbocycles. The summed E-state index contributed by atoms with van der Waals surface area (Å²) in [5, 5.41) is 9.43. The smallest absolute Gasteiger partial charge is 0.333 e. The second-order valence-corrected chi connectivity index (χ2v) is 7.78. The maximum atomic E-state index is 12.5. The summed E-state index contributed by atoms with van der Waals surface area (Å²) < 4.78 is 3.14. The number of aromatic nitrogens is 3. The summed E-state index contributed by atoms with van der Waals surface area (Å²) in [5.41, 5.74) is -0.0933. The van der Waals surface area contributed by atoms with E-state index in [1.165, 1.54) is 4.68 Å². The molecule has 0 bridgehead atoms. The van der Waals surface area contributed by atoms with E-state index in [1.807, 2.05) is 36.3 Å². The summed E-state index contributed by atoms with van der Waals surface area (Å²) in [6.45, 7) is 5.87. The van der Waals surface area contributed by atoms with Crippen LogP contribution in [0.1, 0.15) is 49.4 Å². The van der Waals surface area contributed by atoms with Crippen molar-refractivity contribution in [3.05, 3.63) is 38.7 Å². The molecular weight excluding hydrogens is 338 g/mol. The van der Waals surface area contributed by atoms with E-state index in [1.54, 1.807) is 23.0 Å². The third-order valence-electron chi connectivity index (χ3n) is 4.57. The van der Waals surface area contributed by atoms with Gasteiger partial charge in [0.15, 0.2) is 0 Å². The maximum Gasteiger partial charge on any atom is 0.345 e. The van der Waals surface area contributed by atoms with Crippen molar-refractivity contribution in [3.8, 4) is 0 Å². The average Bonchev–Trinajstić information content (AvgIpc) is 3.21. The molecule has 0 radical (unpaired) electrons. The molecule has 1 atom stereocenters. The molecule has 0 spiro atoms. The number of urea groups is 1. The third-order valence-corrected chi connectivity index (χ3v) is 5.44. The van der Waals surface area contributed by atoms with Crippen molar-refractivity contribution in [1.29, 1.82) is 0 Å². The van der Waals surface area contributed by atoms with Crippen molar-refractivity contribution >= 4 is 17.4 Å². The number of nitrogens with zero attached hydrogens (tertiary/aromatic N) is 4. The van der Waals surface area contributed by atoms with Gasteiger partial charge in [0.2, 0.25) is 0 Å². The van der Waals surface area contributed by atoms with Crippen LogP contribution in [0, 0.1) is 0 Å². The molecule has 2 amide bonds. The Morgan fingerprint density at radius 1 is 1.48 bits per heavy atom. The fourth-order valence-corrected chi connectivity index (χ4v) is 3.97. The summed E-state index contributed by atoms with van der Waals surface area (Å²) in [7, 11) is 1.68. The molecule has 0 saturated carbocycles. The lowest BCUT2D eigenvalue weighted by Gasteiger charge is -2.32. The van der Waals surface area contributed by atoms with Crippen molar-refractivity contribution in [2.75, 3.05) is 13.1 Å². The van der Waals surface area contributed by atoms with Crippen LogP contribution in [0.5, 0.6) is 0 Å². The van der Waals surface area contributed by atoms with Crippen molar-refractivity contribution in [3.63, 3.8) is 0 Å². The number of rotatable bonds is 4. The molecule has 1 unspecified atom stereocenters. The quantitative estimate of drug-likeness (QED) is 0.906. The Labute approximate surface area is 151 Å². The lowest BCUT2D eigenvalue weighted by Crippen LogP contribution is -2.45. The zero-order chi connectivity index (χ0) is 18.0. The van der Waals surface area contributed by atoms with Crippen molar-refractivity contribution in [2.45, 2.75) is 45.2 Å². The Hall–Kier alpha value is -2.09. The fraction of sp³-hybridized carbons (Fsp3) is 0.588. The molecule has 0 aliphatic carbocycles. The first-order chi connectivity index (χ1) is 12.0. The van der Waals surface area contributed by atoms with Gasteiger partial charge in [0.05, 0.1) is 6.54 Å². The predicted octanol–water partition coefficient (Wildman–Crippen LogP) is 2.31. The van der Waals surface area contributed by atoms with Gasteiger partial charge in [0.1, 0.15) is 5.82 Å². The Morgan fingerprint density at radius 3 is 2.96 bits per heavy atom. The molecule has 2 aromatic heterocycles. The first kappa shape index (κ1) is 17.7. The molecule has 3 heterocycles. The number of hydrogen-bond acceptors (Lipinski definition) is 4. The largest absolute Gasteiger partial charge is 0.345 e. The van der Waals surface area contributed by atoms with Gasteiger partial charge < -0.3 is 10.2 Å². The monoisotopic (exact) mass is 363 g/mol. The van der Waals surface area contributed by atoms with Crippen LogP contribution >= 0.6 is 11.3 Å². The highest BCUT2D eigenvalue weighted by Gasteiger charge is 2.29. The molecule has 1 saturated heterocycles. The third kappa shape index (κ3) is 3.78. The molecule has 136 valence electrons. The molecule has 1 fully saturated rings. The zero-order valence-corrected chi connectivity index (χ0v) is 15.8. The number of amides is 2. The lowest BCUT2D eigenvalue weighted by atomic mass is 9.97. The van der Waals surface area contributed by atoms with Crippen LogP contribution in [-0.4, -0.2) is 38.4 Å². The molecule has 1 aliphatic rings. The van der Waals surface area contributed by atoms with Crippen LogP contribution in [0.2, 0.25) is 0 Å². The van der Waals surface area contributed by atoms with Crippen molar-refractivity contribution in [2.24, 2.45) is 7.05 Å². The minimum Gasteiger partial charge on any atom is -0.333 e. The van der Waals surface area contributed by atoms with Gasteiger partial charge in [-0.2, -0.15) is 5.10 Å². The summed E-state index contributed by atoms with van der Waals surface area (Å²) in [4.78, 5) is 27.8. The maximum absolute atomic E-state index is 12.5. The number of likely N-dealkylation sites (tertiary alicyclic amines) is 1. The van der Waals surface area contributed by atoms with Crippen LogP contribution in [0.25, 0.3) is 0 Å². The Morgan fingerprint density at radius 2 is 2.28 bits per heavy atom. The molecule has 2 aromatic rings. The molecular formula is C17H25N5O2S. The summed E-state index contributed by atoms with van der Waals surface area (Å²) in [6, 6.07) is 4.00. The molecule has 1 aliphatic heterocycles. The average molecular weight is 363 g/mol. The highest BCUT2D eigenvalue weighted by Crippen LogP contribution is 2.26. The van der Waals surface area contributed by atoms with Crippen molar-refractivity contribution in [1.82, 2.24) is 24.6 Å². The molecule has 1 N–H and O–H groups in total. The lowest BCUT2D eigenvalue weighted by molar-refractivity contribution is 0.177. The first-order valence-electron chi connectivity index (χ1n) is 8.68. The van der Waals surface area contributed by atoms with E-state index in [0.29, 0.717) is 13.1 Å². The van der Waals surface area contributed by atoms with E-state index in [-0.39, 0.29) is 23.7 Å². The minimum absolute atomic E-state index is 0.0486. The Balaban J connectivity index is 1.70. The topological polar surface area (TPSA) is 72.2 Å². The van der Waals surface area contributed by atoms with Crippen LogP contribution in [0.3, 0.4) is 0 Å². The number of piperidine rings is 1. The van der Waals surface area contributed by atoms with Crippen LogP contribution in [0.15, 0.2) is 22.3 Å². The molecule has 7 nitrogen and oxygen atoms in total. The minimum atomic E-state index is -0.0933. The van der Waals surface area contributed by atoms with Gasteiger partial charge in [-0.05, 0) is 38.1 Å². The van der Waals surface area contributed by atoms with E-state index in [2.05, 4.69) is 10.4 Å². The number of nitrogens with one attached hydrogen (secondary N) is 1. The number of hydrogen-bond donors (Lipinski definition) is 1. The predicted molar refractivity (Wildman–Crippen MR) is 98.0 cm³/mol. The summed E-state index contributed by atoms with van der Waals surface area (Å²) in [5.74, 6) is 0.885. The summed E-state index contributed by atoms with van der Waals surface area (Å²) in [6.07, 6.45) is 1.86. The fourth-order valence-electron chi connectivity index (χ4n) is 3.32. The van der Waals surface area contributed by atoms with Gasteiger partial charge in [-0.15, -0.1) is 11.3 Å². The van der Waals surface area contributed by atoms with Crippen molar-refractivity contribution < 1.29 is 4.79 Å². The number of thiophene rings is 1. The SMILES string of the molecule is CC(C)n1c(C2CCCN(C(=O)NCc3cccs3)C2)nn(C)c1=O. The number of carbonyl (C=O) groups is 1. The summed E-state index contributed by atoms with van der Waals surface area (Å²) >= 11 is 1.63. The first-order valence-corrected chi connectivity index (χ1v) is 9.56. The van der Waals surface area contributed by atoms with E-state index in [9.17, 15) is 9.59 Å². The highest BCUT2D eigenvalue weighted by molar-refractivity contribution is 7.09. The highest BCUT2D eigenvalue weighted by atomic mass is 32.1. The van der Waals surface area contributed by atoms with Gasteiger partial charge >= 0.3 is 11.7 Å². The normalized spacial score (nSPS) is 17.9. The second kappa shape index (κ2) is 7.43. The van der Waals surface area contributed by atoms with Gasteiger partial charge in [-0.25, -0.2) is 14.3 Å². The van der Waals surface area contributed by atoms with E-state index >= 15 is 0 Å². The molecule has 8 heteroatoms. The number of carbonyl (C=O) groups excluding carboxylic acids is 1. The van der Waals surface area contributed by atoms with Gasteiger partial charge in [0.25, 0.3) is 0 Å². The van der Waals surface area contributed by atoms with Crippen LogP contribution in [-0.2, 0) is 13.6 Å². The number of aryl methyl sites for hydroxylation is 1. The van der Waals surface area contributed by atoms with Gasteiger partial charge in [0, 0.05) is 37.0 Å². The van der Waals surface area contributed by atoms with E-state index in [4.69, 9.17) is 0 Å². The second-order valence-electron chi connectivity index (χ2n) is 6.75. The van der Waals surface area contributed by atoms with Crippen LogP contribution in [0.4, 0.5) is 4.79 Å². The zero-order valence-electron chi connectivity index (χ0n) is 14.9.